The van der Waals surface area contributed by atoms with Crippen LogP contribution in [0.5, 0.6) is 0 Å². The van der Waals surface area contributed by atoms with Crippen molar-refractivity contribution in [1.29, 1.82) is 0 Å². The molecule has 0 unspecified atom stereocenters. The van der Waals surface area contributed by atoms with Gasteiger partial charge in [-0.15, -0.1) is 11.8 Å². The Hall–Kier alpha value is -2.69. The summed E-state index contributed by atoms with van der Waals surface area (Å²) in [4.78, 5) is 16.9. The van der Waals surface area contributed by atoms with Gasteiger partial charge in [0.15, 0.2) is 5.03 Å². The maximum atomic E-state index is 12.7. The van der Waals surface area contributed by atoms with Gasteiger partial charge < -0.3 is 4.74 Å². The first-order valence-corrected chi connectivity index (χ1v) is 11.6. The predicted molar refractivity (Wildman–Crippen MR) is 115 cm³/mol. The topological polar surface area (TPSA) is 105 Å². The van der Waals surface area contributed by atoms with Crippen LogP contribution in [0.1, 0.15) is 22.8 Å². The van der Waals surface area contributed by atoms with E-state index >= 15 is 0 Å². The third kappa shape index (κ3) is 4.72. The zero-order chi connectivity index (χ0) is 21.7. The summed E-state index contributed by atoms with van der Waals surface area (Å²) in [7, 11) is -0.865. The molecule has 0 aliphatic heterocycles. The largest absolute Gasteiger partial charge is 0.462 e. The van der Waals surface area contributed by atoms with Gasteiger partial charge in [-0.2, -0.15) is 5.10 Å². The Morgan fingerprint density at radius 2 is 1.87 bits per heavy atom. The lowest BCUT2D eigenvalue weighted by Gasteiger charge is -2.11. The van der Waals surface area contributed by atoms with E-state index in [2.05, 4.69) is 15.2 Å². The molecule has 0 aliphatic carbocycles. The molecule has 2 heterocycles. The molecule has 0 radical (unpaired) electrons. The van der Waals surface area contributed by atoms with Gasteiger partial charge in [0.25, 0.3) is 10.0 Å². The Bertz CT molecular complexity index is 1130. The molecule has 0 saturated carbocycles. The fourth-order valence-corrected chi connectivity index (χ4v) is 4.39. The fraction of sp³-hybridized carbons (Fsp3) is 0.250. The second-order valence-electron chi connectivity index (χ2n) is 6.42. The lowest BCUT2D eigenvalue weighted by atomic mass is 10.2. The Morgan fingerprint density at radius 1 is 1.13 bits per heavy atom. The van der Waals surface area contributed by atoms with Crippen LogP contribution in [0.25, 0.3) is 11.4 Å². The van der Waals surface area contributed by atoms with Gasteiger partial charge in [-0.05, 0) is 24.6 Å². The highest BCUT2D eigenvalue weighted by atomic mass is 32.2. The molecule has 10 heteroatoms. The van der Waals surface area contributed by atoms with Gasteiger partial charge in [-0.3, -0.25) is 5.10 Å². The number of rotatable bonds is 8. The fourth-order valence-electron chi connectivity index (χ4n) is 2.62. The molecule has 2 aromatic heterocycles. The lowest BCUT2D eigenvalue weighted by molar-refractivity contribution is 0.0523. The van der Waals surface area contributed by atoms with E-state index in [9.17, 15) is 13.2 Å². The van der Waals surface area contributed by atoms with E-state index in [1.54, 1.807) is 19.1 Å². The highest BCUT2D eigenvalue weighted by Gasteiger charge is 2.26. The van der Waals surface area contributed by atoms with Crippen LogP contribution in [0.3, 0.4) is 0 Å². The van der Waals surface area contributed by atoms with Gasteiger partial charge in [0.1, 0.15) is 16.3 Å². The molecule has 8 nitrogen and oxygen atoms in total. The van der Waals surface area contributed by atoms with Gasteiger partial charge in [0, 0.05) is 19.8 Å². The van der Waals surface area contributed by atoms with E-state index in [0.717, 1.165) is 9.87 Å². The van der Waals surface area contributed by atoms with Crippen molar-refractivity contribution in [3.63, 3.8) is 0 Å². The quantitative estimate of drug-likeness (QED) is 0.418. The van der Waals surface area contributed by atoms with Gasteiger partial charge in [-0.1, -0.05) is 36.4 Å². The third-order valence-electron chi connectivity index (χ3n) is 4.15. The molecule has 30 heavy (non-hydrogen) atoms. The molecule has 3 aromatic rings. The minimum Gasteiger partial charge on any atom is -0.462 e. The van der Waals surface area contributed by atoms with Crippen molar-refractivity contribution in [2.45, 2.75) is 22.7 Å². The van der Waals surface area contributed by atoms with Crippen LogP contribution in [0.2, 0.25) is 0 Å². The molecular weight excluding hydrogens is 424 g/mol. The first-order chi connectivity index (χ1) is 14.3. The molecule has 1 N–H and O–H groups in total. The van der Waals surface area contributed by atoms with Gasteiger partial charge in [0.05, 0.1) is 12.3 Å². The van der Waals surface area contributed by atoms with E-state index in [-0.39, 0.29) is 28.6 Å². The number of nitrogens with zero attached hydrogens (tertiary/aromatic N) is 3. The number of sulfonamides is 1. The first kappa shape index (κ1) is 22.0. The number of carbonyl (C=O) groups excluding carboxylic acids is 1. The van der Waals surface area contributed by atoms with Crippen LogP contribution in [-0.4, -0.2) is 54.6 Å². The zero-order valence-corrected chi connectivity index (χ0v) is 18.5. The number of thioether (sulfide) groups is 1. The summed E-state index contributed by atoms with van der Waals surface area (Å²) < 4.78 is 31.2. The summed E-state index contributed by atoms with van der Waals surface area (Å²) in [5.41, 5.74) is 1.85. The van der Waals surface area contributed by atoms with Gasteiger partial charge in [-0.25, -0.2) is 22.5 Å². The standard InChI is InChI=1S/C20H22N4O4S2/c1-4-28-20(25)17-18(15-11-8-12-16(21-15)30(26,27)24(2)3)22-23-19(17)29-13-14-9-6-5-7-10-14/h5-12H,4,13H2,1-3H3,(H,22,23). The smallest absolute Gasteiger partial charge is 0.343 e. The highest BCUT2D eigenvalue weighted by Crippen LogP contribution is 2.32. The second-order valence-corrected chi connectivity index (χ2v) is 9.50. The number of nitrogens with one attached hydrogen (secondary N) is 1. The van der Waals surface area contributed by atoms with E-state index in [0.29, 0.717) is 10.8 Å². The summed E-state index contributed by atoms with van der Waals surface area (Å²) in [6.07, 6.45) is 0. The van der Waals surface area contributed by atoms with Crippen molar-refractivity contribution in [3.8, 4) is 11.4 Å². The summed E-state index contributed by atoms with van der Waals surface area (Å²) in [6, 6.07) is 14.4. The molecule has 0 spiro atoms. The van der Waals surface area contributed by atoms with Crippen LogP contribution in [-0.2, 0) is 20.5 Å². The summed E-state index contributed by atoms with van der Waals surface area (Å²) >= 11 is 1.41. The van der Waals surface area contributed by atoms with Crippen molar-refractivity contribution >= 4 is 27.8 Å². The second kappa shape index (κ2) is 9.41. The lowest BCUT2D eigenvalue weighted by Crippen LogP contribution is -2.23. The maximum absolute atomic E-state index is 12.7. The zero-order valence-electron chi connectivity index (χ0n) is 16.8. The Labute approximate surface area is 179 Å². The number of hydrogen-bond donors (Lipinski definition) is 1. The van der Waals surface area contributed by atoms with Crippen LogP contribution in [0.4, 0.5) is 0 Å². The van der Waals surface area contributed by atoms with E-state index in [4.69, 9.17) is 4.74 Å². The van der Waals surface area contributed by atoms with Crippen molar-refractivity contribution < 1.29 is 17.9 Å². The molecule has 0 aliphatic rings. The highest BCUT2D eigenvalue weighted by molar-refractivity contribution is 7.98. The molecule has 0 saturated heterocycles. The first-order valence-electron chi connectivity index (χ1n) is 9.16. The Balaban J connectivity index is 2.01. The molecule has 3 rings (SSSR count). The van der Waals surface area contributed by atoms with E-state index < -0.39 is 16.0 Å². The average Bonchev–Trinajstić information content (AvgIpc) is 3.17. The van der Waals surface area contributed by atoms with E-state index in [1.807, 2.05) is 30.3 Å². The minimum absolute atomic E-state index is 0.124. The van der Waals surface area contributed by atoms with Gasteiger partial charge in [0.2, 0.25) is 0 Å². The summed E-state index contributed by atoms with van der Waals surface area (Å²) in [5.74, 6) is 0.0802. The number of hydrogen-bond acceptors (Lipinski definition) is 7. The minimum atomic E-state index is -3.73. The number of aromatic nitrogens is 3. The van der Waals surface area contributed by atoms with Crippen molar-refractivity contribution in [2.75, 3.05) is 20.7 Å². The molecule has 0 bridgehead atoms. The average molecular weight is 447 g/mol. The normalized spacial score (nSPS) is 11.6. The number of aromatic amines is 1. The Morgan fingerprint density at radius 3 is 2.53 bits per heavy atom. The van der Waals surface area contributed by atoms with Crippen LogP contribution in [0, 0.1) is 0 Å². The number of esters is 1. The molecular formula is C20H22N4O4S2. The Kier molecular flexibility index (Phi) is 6.91. The molecule has 0 amide bonds. The van der Waals surface area contributed by atoms with Crippen molar-refractivity contribution in [2.24, 2.45) is 0 Å². The summed E-state index contributed by atoms with van der Waals surface area (Å²) in [6.45, 7) is 1.92. The molecule has 1 aromatic carbocycles. The van der Waals surface area contributed by atoms with E-state index in [1.165, 1.54) is 31.9 Å². The maximum Gasteiger partial charge on any atom is 0.343 e. The number of carbonyl (C=O) groups is 1. The summed E-state index contributed by atoms with van der Waals surface area (Å²) in [5, 5.41) is 7.54. The third-order valence-corrected chi connectivity index (χ3v) is 6.93. The number of ether oxygens (including phenoxy) is 1. The van der Waals surface area contributed by atoms with Crippen LogP contribution >= 0.6 is 11.8 Å². The molecule has 0 atom stereocenters. The van der Waals surface area contributed by atoms with Crippen LogP contribution in [0.15, 0.2) is 58.6 Å². The number of pyridine rings is 1. The molecule has 0 fully saturated rings. The monoisotopic (exact) mass is 446 g/mol. The van der Waals surface area contributed by atoms with Crippen molar-refractivity contribution in [1.82, 2.24) is 19.5 Å². The van der Waals surface area contributed by atoms with Crippen LogP contribution < -0.4 is 0 Å². The van der Waals surface area contributed by atoms with Crippen molar-refractivity contribution in [3.05, 3.63) is 59.7 Å². The van der Waals surface area contributed by atoms with Gasteiger partial charge >= 0.3 is 5.97 Å². The number of benzene rings is 1. The number of H-pyrrole nitrogens is 1. The SMILES string of the molecule is CCOC(=O)c1c(-c2cccc(S(=O)(=O)N(C)C)n2)n[nH]c1SCc1ccccc1. The predicted octanol–water partition coefficient (Wildman–Crippen LogP) is 3.19. The molecule has 158 valence electrons.